The molecule has 5 nitrogen and oxygen atoms in total. The van der Waals surface area contributed by atoms with Crippen molar-refractivity contribution < 1.29 is 14.0 Å². The van der Waals surface area contributed by atoms with E-state index < -0.39 is 0 Å². The van der Waals surface area contributed by atoms with Crippen LogP contribution in [0.25, 0.3) is 0 Å². The van der Waals surface area contributed by atoms with E-state index in [2.05, 4.69) is 0 Å². The number of nitrogens with zero attached hydrogens (tertiary/aromatic N) is 2. The highest BCUT2D eigenvalue weighted by Crippen LogP contribution is 2.27. The second kappa shape index (κ2) is 10.2. The third kappa shape index (κ3) is 5.56. The van der Waals surface area contributed by atoms with Gasteiger partial charge in [0.2, 0.25) is 5.91 Å². The van der Waals surface area contributed by atoms with Gasteiger partial charge >= 0.3 is 0 Å². The fourth-order valence-corrected chi connectivity index (χ4v) is 3.86. The summed E-state index contributed by atoms with van der Waals surface area (Å²) in [7, 11) is 0. The predicted molar refractivity (Wildman–Crippen MR) is 110 cm³/mol. The minimum Gasteiger partial charge on any atom is -0.366 e. The molecule has 1 saturated carbocycles. The molecule has 152 valence electrons. The topological polar surface area (TPSA) is 66.6 Å². The van der Waals surface area contributed by atoms with Crippen LogP contribution in [0.4, 0.5) is 10.1 Å². The van der Waals surface area contributed by atoms with Crippen molar-refractivity contribution in [3.63, 3.8) is 0 Å². The molecular weight excluding hydrogens is 392 g/mol. The first kappa shape index (κ1) is 23.7. The number of carbonyl (C=O) groups is 2. The lowest BCUT2D eigenvalue weighted by molar-refractivity contribution is -0.137. The van der Waals surface area contributed by atoms with Crippen LogP contribution >= 0.6 is 24.8 Å². The fraction of sp³-hybridized carbons (Fsp3) is 0.579. The second-order valence-electron chi connectivity index (χ2n) is 7.16. The summed E-state index contributed by atoms with van der Waals surface area (Å²) in [5.41, 5.74) is 6.87. The first-order valence-corrected chi connectivity index (χ1v) is 9.05. The van der Waals surface area contributed by atoms with Gasteiger partial charge in [-0.25, -0.2) is 4.39 Å². The number of hydrogen-bond donors (Lipinski definition) is 1. The summed E-state index contributed by atoms with van der Waals surface area (Å²) in [4.78, 5) is 27.8. The molecule has 0 radical (unpaired) electrons. The third-order valence-corrected chi connectivity index (χ3v) is 5.35. The van der Waals surface area contributed by atoms with E-state index in [1.807, 2.05) is 9.80 Å². The number of piperazine rings is 1. The van der Waals surface area contributed by atoms with E-state index in [1.54, 1.807) is 12.1 Å². The van der Waals surface area contributed by atoms with Gasteiger partial charge in [-0.05, 0) is 44.4 Å². The normalized spacial score (nSPS) is 22.5. The van der Waals surface area contributed by atoms with Gasteiger partial charge in [-0.15, -0.1) is 24.8 Å². The number of nitrogens with two attached hydrogens (primary N) is 1. The number of ketones is 1. The van der Waals surface area contributed by atoms with Gasteiger partial charge in [0, 0.05) is 43.7 Å². The van der Waals surface area contributed by atoms with Gasteiger partial charge in [0.15, 0.2) is 5.78 Å². The highest BCUT2D eigenvalue weighted by atomic mass is 35.5. The Bertz CT molecular complexity index is 666. The summed E-state index contributed by atoms with van der Waals surface area (Å²) in [6.07, 6.45) is 3.73. The van der Waals surface area contributed by atoms with Crippen molar-refractivity contribution in [2.75, 3.05) is 31.1 Å². The summed E-state index contributed by atoms with van der Waals surface area (Å²) < 4.78 is 14.3. The lowest BCUT2D eigenvalue weighted by atomic mass is 9.85. The van der Waals surface area contributed by atoms with E-state index in [9.17, 15) is 14.0 Å². The lowest BCUT2D eigenvalue weighted by Crippen LogP contribution is -2.51. The molecule has 2 fully saturated rings. The van der Waals surface area contributed by atoms with Crippen LogP contribution in [0.1, 0.15) is 43.0 Å². The van der Waals surface area contributed by atoms with Crippen LogP contribution in [0.2, 0.25) is 0 Å². The largest absolute Gasteiger partial charge is 0.366 e. The minimum atomic E-state index is -0.384. The molecule has 3 rings (SSSR count). The average molecular weight is 420 g/mol. The Balaban J connectivity index is 0.00000182. The van der Waals surface area contributed by atoms with E-state index >= 15 is 0 Å². The molecular formula is C19H28Cl2FN3O2. The number of anilines is 1. The van der Waals surface area contributed by atoms with Crippen molar-refractivity contribution in [1.82, 2.24) is 4.90 Å². The summed E-state index contributed by atoms with van der Waals surface area (Å²) in [6, 6.07) is 4.74. The highest BCUT2D eigenvalue weighted by Gasteiger charge is 2.31. The van der Waals surface area contributed by atoms with Crippen LogP contribution in [-0.2, 0) is 4.79 Å². The molecule has 2 atom stereocenters. The standard InChI is InChI=1S/C19H26FN3O2.2ClH/c1-13(24)14-5-6-18(17(20)12-14)22-7-9-23(10-8-22)19(25)15-3-2-4-16(21)11-15;;/h5-6,12,15-16H,2-4,7-11,21H2,1H3;2*1H. The summed E-state index contributed by atoms with van der Waals surface area (Å²) in [5.74, 6) is -0.290. The van der Waals surface area contributed by atoms with Crippen molar-refractivity contribution in [2.45, 2.75) is 38.6 Å². The van der Waals surface area contributed by atoms with E-state index in [4.69, 9.17) is 5.73 Å². The summed E-state index contributed by atoms with van der Waals surface area (Å²) >= 11 is 0. The Morgan fingerprint density at radius 2 is 1.78 bits per heavy atom. The molecule has 1 heterocycles. The number of benzene rings is 1. The maximum Gasteiger partial charge on any atom is 0.225 e. The molecule has 2 unspecified atom stereocenters. The van der Waals surface area contributed by atoms with E-state index in [-0.39, 0.29) is 54.3 Å². The molecule has 1 saturated heterocycles. The molecule has 1 aliphatic heterocycles. The maximum absolute atomic E-state index is 14.3. The Kier molecular flexibility index (Phi) is 8.99. The molecule has 1 amide bonds. The predicted octanol–water partition coefficient (Wildman–Crippen LogP) is 3.04. The first-order chi connectivity index (χ1) is 12.0. The number of halogens is 3. The zero-order chi connectivity index (χ0) is 18.0. The van der Waals surface area contributed by atoms with Gasteiger partial charge in [0.05, 0.1) is 5.69 Å². The van der Waals surface area contributed by atoms with Gasteiger partial charge < -0.3 is 15.5 Å². The maximum atomic E-state index is 14.3. The fourth-order valence-electron chi connectivity index (χ4n) is 3.86. The molecule has 8 heteroatoms. The summed E-state index contributed by atoms with van der Waals surface area (Å²) in [6.45, 7) is 3.81. The van der Waals surface area contributed by atoms with Crippen molar-refractivity contribution in [3.8, 4) is 0 Å². The zero-order valence-electron chi connectivity index (χ0n) is 15.5. The SMILES string of the molecule is CC(=O)c1ccc(N2CCN(C(=O)C3CCCC(N)C3)CC2)c(F)c1.Cl.Cl. The molecule has 2 aliphatic rings. The number of amides is 1. The van der Waals surface area contributed by atoms with Crippen LogP contribution in [0.3, 0.4) is 0 Å². The van der Waals surface area contributed by atoms with Crippen molar-refractivity contribution in [2.24, 2.45) is 11.7 Å². The first-order valence-electron chi connectivity index (χ1n) is 9.05. The Morgan fingerprint density at radius 3 is 2.33 bits per heavy atom. The molecule has 2 N–H and O–H groups in total. The van der Waals surface area contributed by atoms with Crippen LogP contribution in [0.15, 0.2) is 18.2 Å². The van der Waals surface area contributed by atoms with Gasteiger partial charge in [-0.3, -0.25) is 9.59 Å². The quantitative estimate of drug-likeness (QED) is 0.764. The van der Waals surface area contributed by atoms with E-state index in [1.165, 1.54) is 13.0 Å². The van der Waals surface area contributed by atoms with Gasteiger partial charge in [-0.2, -0.15) is 0 Å². The van der Waals surface area contributed by atoms with Crippen LogP contribution in [0, 0.1) is 11.7 Å². The molecule has 1 aliphatic carbocycles. The number of Topliss-reactive ketones (excluding diaryl/α,β-unsaturated/α-hetero) is 1. The van der Waals surface area contributed by atoms with Gasteiger partial charge in [0.25, 0.3) is 0 Å². The van der Waals surface area contributed by atoms with Crippen LogP contribution < -0.4 is 10.6 Å². The highest BCUT2D eigenvalue weighted by molar-refractivity contribution is 5.94. The van der Waals surface area contributed by atoms with Crippen molar-refractivity contribution in [1.29, 1.82) is 0 Å². The Labute approximate surface area is 172 Å². The van der Waals surface area contributed by atoms with Crippen LogP contribution in [0.5, 0.6) is 0 Å². The van der Waals surface area contributed by atoms with E-state index in [0.717, 1.165) is 25.7 Å². The smallest absolute Gasteiger partial charge is 0.225 e. The minimum absolute atomic E-state index is 0. The second-order valence-corrected chi connectivity index (χ2v) is 7.16. The Hall–Kier alpha value is -1.37. The molecule has 0 bridgehead atoms. The number of hydrogen-bond acceptors (Lipinski definition) is 4. The lowest BCUT2D eigenvalue weighted by Gasteiger charge is -2.38. The average Bonchev–Trinajstić information content (AvgIpc) is 2.61. The molecule has 1 aromatic rings. The zero-order valence-corrected chi connectivity index (χ0v) is 17.2. The molecule has 0 aromatic heterocycles. The van der Waals surface area contributed by atoms with E-state index in [0.29, 0.717) is 37.4 Å². The number of rotatable bonds is 3. The summed E-state index contributed by atoms with van der Waals surface area (Å²) in [5, 5.41) is 0. The van der Waals surface area contributed by atoms with Gasteiger partial charge in [0.1, 0.15) is 5.82 Å². The van der Waals surface area contributed by atoms with Gasteiger partial charge in [-0.1, -0.05) is 6.42 Å². The van der Waals surface area contributed by atoms with Crippen LogP contribution in [-0.4, -0.2) is 48.8 Å². The molecule has 1 aromatic carbocycles. The van der Waals surface area contributed by atoms with Crippen molar-refractivity contribution in [3.05, 3.63) is 29.6 Å². The third-order valence-electron chi connectivity index (χ3n) is 5.35. The molecule has 0 spiro atoms. The number of carbonyl (C=O) groups excluding carboxylic acids is 2. The Morgan fingerprint density at radius 1 is 1.11 bits per heavy atom. The monoisotopic (exact) mass is 419 g/mol. The van der Waals surface area contributed by atoms with Crippen molar-refractivity contribution >= 4 is 42.2 Å². The molecule has 27 heavy (non-hydrogen) atoms.